The number of nitrogens with one attached hydrogen (secondary N) is 1. The van der Waals surface area contributed by atoms with E-state index >= 15 is 0 Å². The summed E-state index contributed by atoms with van der Waals surface area (Å²) in [5.74, 6) is 0.197. The third kappa shape index (κ3) is 7.65. The standard InChI is InChI=1S/C40H51N5O6/c1-26-24-43(30-21-32(22-30)50-31-15-17-42(18-16-31)39(48)51-40(3,4)5)19-20-44(26)29-11-12-33-34(23-29)27(2)45(38(33)47)35-13-14-36(41-37(35)46)49-25-28-9-7-6-8-10-28/h6-14,23,26-27,30-32H,15-22,24-25H2,1-5H3,(H,41,46)/t26-,27-,30?,32?/m1/s1. The van der Waals surface area contributed by atoms with Crippen molar-refractivity contribution in [2.24, 2.45) is 0 Å². The number of fused-ring (bicyclic) bond motifs is 1. The number of aromatic nitrogens is 1. The van der Waals surface area contributed by atoms with E-state index in [2.05, 4.69) is 27.8 Å². The summed E-state index contributed by atoms with van der Waals surface area (Å²) in [6.07, 6.45) is 4.06. The zero-order chi connectivity index (χ0) is 35.9. The van der Waals surface area contributed by atoms with Crippen molar-refractivity contribution in [2.75, 3.05) is 42.5 Å². The topological polar surface area (TPSA) is 108 Å². The predicted octanol–water partition coefficient (Wildman–Crippen LogP) is 6.13. The molecule has 4 heterocycles. The number of pyridine rings is 1. The average Bonchev–Trinajstić information content (AvgIpc) is 3.33. The first-order valence-electron chi connectivity index (χ1n) is 18.4. The summed E-state index contributed by atoms with van der Waals surface area (Å²) in [4.78, 5) is 50.4. The SMILES string of the molecule is C[C@@H]1CN(C2CC(OC3CCN(C(=O)OC(C)(C)C)CC3)C2)CCN1c1ccc2c(c1)[C@@H](C)N(c1ccc(OCc3ccccc3)[nH]c1=O)C2=O. The van der Waals surface area contributed by atoms with Crippen LogP contribution in [0.15, 0.2) is 65.5 Å². The van der Waals surface area contributed by atoms with E-state index in [0.29, 0.717) is 48.9 Å². The van der Waals surface area contributed by atoms with Crippen molar-refractivity contribution < 1.29 is 23.8 Å². The third-order valence-electron chi connectivity index (χ3n) is 10.7. The van der Waals surface area contributed by atoms with Gasteiger partial charge in [0, 0.05) is 62.1 Å². The molecule has 2 saturated heterocycles. The summed E-state index contributed by atoms with van der Waals surface area (Å²) in [6.45, 7) is 14.5. The second-order valence-corrected chi connectivity index (χ2v) is 15.5. The van der Waals surface area contributed by atoms with Crippen molar-refractivity contribution >= 4 is 23.4 Å². The molecule has 2 aromatic carbocycles. The van der Waals surface area contributed by atoms with Gasteiger partial charge in [0.05, 0.1) is 18.2 Å². The summed E-state index contributed by atoms with van der Waals surface area (Å²) in [5, 5.41) is 0. The molecule has 2 atom stereocenters. The first kappa shape index (κ1) is 35.1. The zero-order valence-corrected chi connectivity index (χ0v) is 30.5. The molecule has 0 radical (unpaired) electrons. The zero-order valence-electron chi connectivity index (χ0n) is 30.5. The number of hydrogen-bond donors (Lipinski definition) is 1. The lowest BCUT2D eigenvalue weighted by atomic mass is 9.86. The van der Waals surface area contributed by atoms with Crippen molar-refractivity contribution in [3.05, 3.63) is 87.7 Å². The maximum atomic E-state index is 13.6. The molecule has 1 N–H and O–H groups in total. The molecule has 0 bridgehead atoms. The fourth-order valence-corrected chi connectivity index (χ4v) is 7.91. The Morgan fingerprint density at radius 3 is 2.33 bits per heavy atom. The molecule has 1 saturated carbocycles. The number of piperidine rings is 1. The number of nitrogens with zero attached hydrogens (tertiary/aromatic N) is 4. The van der Waals surface area contributed by atoms with Crippen molar-refractivity contribution in [3.8, 4) is 5.88 Å². The molecule has 7 rings (SSSR count). The smallest absolute Gasteiger partial charge is 0.410 e. The Bertz CT molecular complexity index is 1780. The maximum Gasteiger partial charge on any atom is 0.410 e. The molecule has 4 aliphatic rings. The number of carbonyl (C=O) groups excluding carboxylic acids is 2. The lowest BCUT2D eigenvalue weighted by Gasteiger charge is -2.49. The molecule has 0 unspecified atom stereocenters. The molecule has 11 heteroatoms. The number of amides is 2. The summed E-state index contributed by atoms with van der Waals surface area (Å²) in [7, 11) is 0. The van der Waals surface area contributed by atoms with Crippen molar-refractivity contribution in [2.45, 2.75) is 103 Å². The second kappa shape index (κ2) is 14.3. The van der Waals surface area contributed by atoms with E-state index in [9.17, 15) is 14.4 Å². The number of H-pyrrole nitrogens is 1. The van der Waals surface area contributed by atoms with Crippen molar-refractivity contribution in [1.82, 2.24) is 14.8 Å². The molecular formula is C40H51N5O6. The number of likely N-dealkylation sites (tertiary alicyclic amines) is 1. The minimum Gasteiger partial charge on any atom is -0.474 e. The molecule has 11 nitrogen and oxygen atoms in total. The summed E-state index contributed by atoms with van der Waals surface area (Å²) < 4.78 is 17.8. The van der Waals surface area contributed by atoms with E-state index in [1.165, 1.54) is 0 Å². The highest BCUT2D eigenvalue weighted by Crippen LogP contribution is 2.39. The normalized spacial score (nSPS) is 24.3. The number of carbonyl (C=O) groups is 2. The van der Waals surface area contributed by atoms with Crippen LogP contribution < -0.4 is 20.1 Å². The van der Waals surface area contributed by atoms with Gasteiger partial charge in [0.2, 0.25) is 0 Å². The van der Waals surface area contributed by atoms with Crippen LogP contribution in [0.3, 0.4) is 0 Å². The van der Waals surface area contributed by atoms with Gasteiger partial charge in [0.1, 0.15) is 17.9 Å². The van der Waals surface area contributed by atoms with Gasteiger partial charge in [-0.25, -0.2) is 4.79 Å². The molecule has 1 aromatic heterocycles. The maximum absolute atomic E-state index is 13.6. The first-order valence-corrected chi connectivity index (χ1v) is 18.4. The summed E-state index contributed by atoms with van der Waals surface area (Å²) in [5.41, 5.74) is 3.16. The number of hydrogen-bond acceptors (Lipinski definition) is 8. The highest BCUT2D eigenvalue weighted by Gasteiger charge is 2.40. The van der Waals surface area contributed by atoms with Crippen LogP contribution >= 0.6 is 0 Å². The Kier molecular flexibility index (Phi) is 9.86. The Labute approximate surface area is 300 Å². The summed E-state index contributed by atoms with van der Waals surface area (Å²) >= 11 is 0. The Morgan fingerprint density at radius 2 is 1.65 bits per heavy atom. The lowest BCUT2D eigenvalue weighted by molar-refractivity contribution is -0.104. The Morgan fingerprint density at radius 1 is 0.902 bits per heavy atom. The quantitative estimate of drug-likeness (QED) is 0.300. The third-order valence-corrected chi connectivity index (χ3v) is 10.7. The minimum atomic E-state index is -0.479. The van der Waals surface area contributed by atoms with Crippen LogP contribution in [0.2, 0.25) is 0 Å². The van der Waals surface area contributed by atoms with Gasteiger partial charge in [-0.1, -0.05) is 30.3 Å². The number of benzene rings is 2. The minimum absolute atomic E-state index is 0.166. The van der Waals surface area contributed by atoms with Crippen LogP contribution in [0, 0.1) is 0 Å². The molecule has 3 aromatic rings. The highest BCUT2D eigenvalue weighted by molar-refractivity contribution is 6.11. The van der Waals surface area contributed by atoms with E-state index in [1.807, 2.05) is 70.2 Å². The highest BCUT2D eigenvalue weighted by atomic mass is 16.6. The molecule has 272 valence electrons. The van der Waals surface area contributed by atoms with Gasteiger partial charge in [-0.2, -0.15) is 0 Å². The number of aromatic amines is 1. The van der Waals surface area contributed by atoms with E-state index < -0.39 is 5.60 Å². The predicted molar refractivity (Wildman–Crippen MR) is 197 cm³/mol. The van der Waals surface area contributed by atoms with Gasteiger partial charge in [0.15, 0.2) is 5.88 Å². The van der Waals surface area contributed by atoms with E-state index in [0.717, 1.165) is 62.1 Å². The van der Waals surface area contributed by atoms with Gasteiger partial charge < -0.3 is 24.0 Å². The number of rotatable bonds is 8. The Balaban J connectivity index is 0.902. The van der Waals surface area contributed by atoms with Crippen molar-refractivity contribution in [1.29, 1.82) is 0 Å². The fraction of sp³-hybridized carbons (Fsp3) is 0.525. The van der Waals surface area contributed by atoms with Gasteiger partial charge >= 0.3 is 6.09 Å². The number of anilines is 2. The van der Waals surface area contributed by atoms with Crippen molar-refractivity contribution in [3.63, 3.8) is 0 Å². The average molecular weight is 698 g/mol. The van der Waals surface area contributed by atoms with E-state index in [-0.39, 0.29) is 35.8 Å². The Hall–Kier alpha value is -4.35. The van der Waals surface area contributed by atoms with Crippen LogP contribution in [0.1, 0.15) is 87.8 Å². The molecule has 3 fully saturated rings. The molecule has 0 spiro atoms. The van der Waals surface area contributed by atoms with E-state index in [4.69, 9.17) is 14.2 Å². The van der Waals surface area contributed by atoms with Crippen LogP contribution in [0.25, 0.3) is 0 Å². The number of ether oxygens (including phenoxy) is 3. The molecule has 1 aliphatic carbocycles. The lowest BCUT2D eigenvalue weighted by Crippen LogP contribution is -2.59. The molecular weight excluding hydrogens is 646 g/mol. The van der Waals surface area contributed by atoms with E-state index in [1.54, 1.807) is 21.9 Å². The monoisotopic (exact) mass is 697 g/mol. The first-order chi connectivity index (χ1) is 24.4. The molecule has 2 amide bonds. The fourth-order valence-electron chi connectivity index (χ4n) is 7.91. The van der Waals surface area contributed by atoms with Gasteiger partial charge in [0.25, 0.3) is 11.5 Å². The van der Waals surface area contributed by atoms with Crippen LogP contribution in [-0.2, 0) is 16.1 Å². The van der Waals surface area contributed by atoms with Crippen LogP contribution in [0.4, 0.5) is 16.2 Å². The van der Waals surface area contributed by atoms with Crippen LogP contribution in [0.5, 0.6) is 5.88 Å². The van der Waals surface area contributed by atoms with Gasteiger partial charge in [-0.15, -0.1) is 0 Å². The van der Waals surface area contributed by atoms with Crippen LogP contribution in [-0.4, -0.2) is 89.4 Å². The molecule has 3 aliphatic heterocycles. The molecule has 51 heavy (non-hydrogen) atoms. The van der Waals surface area contributed by atoms with Gasteiger partial charge in [-0.05, 0) is 95.7 Å². The summed E-state index contributed by atoms with van der Waals surface area (Å²) in [6, 6.07) is 19.8. The largest absolute Gasteiger partial charge is 0.474 e. The second-order valence-electron chi connectivity index (χ2n) is 15.5. The number of piperazine rings is 1. The van der Waals surface area contributed by atoms with Gasteiger partial charge in [-0.3, -0.25) is 24.4 Å².